The highest BCUT2D eigenvalue weighted by molar-refractivity contribution is 5.84. The van der Waals surface area contributed by atoms with E-state index < -0.39 is 11.7 Å². The molecule has 0 heterocycles. The molecule has 1 rings (SSSR count). The lowest BCUT2D eigenvalue weighted by Gasteiger charge is -2.26. The highest BCUT2D eigenvalue weighted by Crippen LogP contribution is 2.37. The molecule has 2 N–H and O–H groups in total. The van der Waals surface area contributed by atoms with Gasteiger partial charge in [-0.25, -0.2) is 4.79 Å². The Morgan fingerprint density at radius 3 is 2.61 bits per heavy atom. The number of ether oxygens (including phenoxy) is 1. The molecular formula is C23H38O5. The summed E-state index contributed by atoms with van der Waals surface area (Å²) in [5.41, 5.74) is -0.842. The van der Waals surface area contributed by atoms with E-state index >= 15 is 0 Å². The van der Waals surface area contributed by atoms with Crippen molar-refractivity contribution >= 4 is 11.8 Å². The molecule has 160 valence electrons. The van der Waals surface area contributed by atoms with Gasteiger partial charge in [-0.1, -0.05) is 38.3 Å². The second kappa shape index (κ2) is 12.9. The maximum absolute atomic E-state index is 12.3. The lowest BCUT2D eigenvalue weighted by Crippen LogP contribution is -2.27. The Bertz CT molecular complexity index is 527. The van der Waals surface area contributed by atoms with Crippen LogP contribution in [0, 0.1) is 11.8 Å². The highest BCUT2D eigenvalue weighted by Gasteiger charge is 2.40. The van der Waals surface area contributed by atoms with E-state index in [2.05, 4.69) is 18.2 Å². The Morgan fingerprint density at radius 2 is 1.96 bits per heavy atom. The summed E-state index contributed by atoms with van der Waals surface area (Å²) in [6, 6.07) is 0. The number of Topliss-reactive ketones (excluding diaryl/α,β-unsaturated/α-hetero) is 1. The van der Waals surface area contributed by atoms with Crippen molar-refractivity contribution < 1.29 is 24.5 Å². The molecule has 1 aliphatic carbocycles. The Balaban J connectivity index is 2.44. The summed E-state index contributed by atoms with van der Waals surface area (Å²) in [7, 11) is 1.35. The predicted octanol–water partition coefficient (Wildman–Crippen LogP) is 4.12. The first-order chi connectivity index (χ1) is 13.4. The van der Waals surface area contributed by atoms with Crippen LogP contribution in [0.2, 0.25) is 0 Å². The monoisotopic (exact) mass is 394 g/mol. The number of methoxy groups -OCH3 is 1. The van der Waals surface area contributed by atoms with Crippen molar-refractivity contribution in [2.45, 2.75) is 89.3 Å². The van der Waals surface area contributed by atoms with Gasteiger partial charge in [-0.3, -0.25) is 4.79 Å². The van der Waals surface area contributed by atoms with Crippen LogP contribution in [0.4, 0.5) is 0 Å². The summed E-state index contributed by atoms with van der Waals surface area (Å²) >= 11 is 0. The SMILES string of the molecule is C=CC(O)(CCCC)CCC[C@H]1[C@H](O)CC(=O)[C@@H]1CCCCC=CC(=O)OC. The summed E-state index contributed by atoms with van der Waals surface area (Å²) in [5.74, 6) is -0.300. The molecule has 0 spiro atoms. The van der Waals surface area contributed by atoms with Gasteiger partial charge in [-0.15, -0.1) is 6.58 Å². The minimum atomic E-state index is -0.842. The molecule has 0 amide bonds. The molecule has 0 saturated heterocycles. The van der Waals surface area contributed by atoms with Crippen LogP contribution in [0.15, 0.2) is 24.8 Å². The van der Waals surface area contributed by atoms with Crippen molar-refractivity contribution in [2.75, 3.05) is 7.11 Å². The van der Waals surface area contributed by atoms with E-state index in [0.29, 0.717) is 12.8 Å². The molecule has 5 heteroatoms. The van der Waals surface area contributed by atoms with Crippen molar-refractivity contribution in [3.8, 4) is 0 Å². The van der Waals surface area contributed by atoms with Crippen molar-refractivity contribution in [3.05, 3.63) is 24.8 Å². The van der Waals surface area contributed by atoms with Crippen LogP contribution in [-0.2, 0) is 14.3 Å². The first kappa shape index (κ1) is 24.6. The van der Waals surface area contributed by atoms with Gasteiger partial charge in [0.05, 0.1) is 18.8 Å². The van der Waals surface area contributed by atoms with Crippen molar-refractivity contribution in [3.63, 3.8) is 0 Å². The van der Waals surface area contributed by atoms with Crippen LogP contribution in [-0.4, -0.2) is 40.8 Å². The van der Waals surface area contributed by atoms with Crippen LogP contribution in [0.5, 0.6) is 0 Å². The summed E-state index contributed by atoms with van der Waals surface area (Å²) in [5, 5.41) is 20.9. The van der Waals surface area contributed by atoms with Crippen molar-refractivity contribution in [1.82, 2.24) is 0 Å². The Morgan fingerprint density at radius 1 is 1.25 bits per heavy atom. The largest absolute Gasteiger partial charge is 0.466 e. The molecule has 0 bridgehead atoms. The molecule has 0 aliphatic heterocycles. The second-order valence-corrected chi connectivity index (χ2v) is 8.02. The molecule has 0 aromatic rings. The number of allylic oxidation sites excluding steroid dienone is 1. The normalized spacial score (nSPS) is 24.4. The van der Waals surface area contributed by atoms with Gasteiger partial charge in [0, 0.05) is 18.4 Å². The van der Waals surface area contributed by atoms with Crippen LogP contribution >= 0.6 is 0 Å². The average molecular weight is 395 g/mol. The third-order valence-corrected chi connectivity index (χ3v) is 5.92. The summed E-state index contributed by atoms with van der Waals surface area (Å²) in [6.45, 7) is 5.87. The molecule has 1 fully saturated rings. The van der Waals surface area contributed by atoms with Gasteiger partial charge >= 0.3 is 5.97 Å². The topological polar surface area (TPSA) is 83.8 Å². The van der Waals surface area contributed by atoms with Crippen molar-refractivity contribution in [2.24, 2.45) is 11.8 Å². The first-order valence-electron chi connectivity index (χ1n) is 10.7. The molecule has 4 atom stereocenters. The van der Waals surface area contributed by atoms with Gasteiger partial charge in [0.1, 0.15) is 5.78 Å². The molecule has 1 aliphatic rings. The van der Waals surface area contributed by atoms with Crippen LogP contribution in [0.3, 0.4) is 0 Å². The minimum absolute atomic E-state index is 0.0154. The van der Waals surface area contributed by atoms with E-state index in [1.54, 1.807) is 12.2 Å². The zero-order valence-electron chi connectivity index (χ0n) is 17.6. The van der Waals surface area contributed by atoms with Crippen LogP contribution < -0.4 is 0 Å². The van der Waals surface area contributed by atoms with E-state index in [1.807, 2.05) is 0 Å². The van der Waals surface area contributed by atoms with Crippen molar-refractivity contribution in [1.29, 1.82) is 0 Å². The number of rotatable bonds is 14. The second-order valence-electron chi connectivity index (χ2n) is 8.02. The van der Waals surface area contributed by atoms with Gasteiger partial charge in [-0.2, -0.15) is 0 Å². The fraction of sp³-hybridized carbons (Fsp3) is 0.739. The van der Waals surface area contributed by atoms with E-state index in [9.17, 15) is 19.8 Å². The van der Waals surface area contributed by atoms with Gasteiger partial charge < -0.3 is 14.9 Å². The summed E-state index contributed by atoms with van der Waals surface area (Å²) < 4.78 is 4.55. The maximum atomic E-state index is 12.3. The molecule has 1 saturated carbocycles. The van der Waals surface area contributed by atoms with Gasteiger partial charge in [0.25, 0.3) is 0 Å². The van der Waals surface area contributed by atoms with Gasteiger partial charge in [0.2, 0.25) is 0 Å². The summed E-state index contributed by atoms with van der Waals surface area (Å²) in [4.78, 5) is 23.3. The third-order valence-electron chi connectivity index (χ3n) is 5.92. The fourth-order valence-corrected chi connectivity index (χ4v) is 4.11. The number of ketones is 1. The molecule has 0 aromatic carbocycles. The van der Waals surface area contributed by atoms with Crippen LogP contribution in [0.25, 0.3) is 0 Å². The average Bonchev–Trinajstić information content (AvgIpc) is 2.95. The van der Waals surface area contributed by atoms with E-state index in [4.69, 9.17) is 0 Å². The molecular weight excluding hydrogens is 356 g/mol. The smallest absolute Gasteiger partial charge is 0.330 e. The summed E-state index contributed by atoms with van der Waals surface area (Å²) in [6.07, 6.45) is 12.7. The standard InChI is InChI=1S/C23H38O5/c1-4-6-15-23(27,5-2)16-11-13-19-18(20(24)17-21(19)25)12-9-7-8-10-14-22(26)28-3/h5,10,14,18-19,21,25,27H,2,4,6-9,11-13,15-17H2,1,3H3/t18-,19-,21-,23?/m1/s1. The van der Waals surface area contributed by atoms with E-state index in [0.717, 1.165) is 51.4 Å². The molecule has 1 unspecified atom stereocenters. The Labute approximate surface area is 169 Å². The number of carbonyl (C=O) groups excluding carboxylic acids is 2. The number of unbranched alkanes of at least 4 members (excludes halogenated alkanes) is 3. The number of esters is 1. The number of aliphatic hydroxyl groups is 2. The zero-order valence-corrected chi connectivity index (χ0v) is 17.6. The molecule has 0 aromatic heterocycles. The minimum Gasteiger partial charge on any atom is -0.466 e. The fourth-order valence-electron chi connectivity index (χ4n) is 4.11. The Kier molecular flexibility index (Phi) is 11.3. The van der Waals surface area contributed by atoms with Gasteiger partial charge in [-0.05, 0) is 50.9 Å². The van der Waals surface area contributed by atoms with E-state index in [1.165, 1.54) is 13.2 Å². The number of carbonyl (C=O) groups is 2. The first-order valence-corrected chi connectivity index (χ1v) is 10.7. The lowest BCUT2D eigenvalue weighted by molar-refractivity contribution is -0.134. The third kappa shape index (κ3) is 8.27. The molecule has 0 radical (unpaired) electrons. The van der Waals surface area contributed by atoms with Gasteiger partial charge in [0.15, 0.2) is 0 Å². The van der Waals surface area contributed by atoms with E-state index in [-0.39, 0.29) is 30.0 Å². The number of hydrogen-bond acceptors (Lipinski definition) is 5. The number of hydrogen-bond donors (Lipinski definition) is 2. The highest BCUT2D eigenvalue weighted by atomic mass is 16.5. The molecule has 28 heavy (non-hydrogen) atoms. The Hall–Kier alpha value is -1.46. The predicted molar refractivity (Wildman–Crippen MR) is 111 cm³/mol. The number of aliphatic hydroxyl groups excluding tert-OH is 1. The lowest BCUT2D eigenvalue weighted by atomic mass is 9.83. The van der Waals surface area contributed by atoms with Crippen LogP contribution in [0.1, 0.15) is 77.6 Å². The quantitative estimate of drug-likeness (QED) is 0.200. The maximum Gasteiger partial charge on any atom is 0.330 e. The molecule has 5 nitrogen and oxygen atoms in total. The zero-order chi connectivity index (χ0) is 21.0.